The first kappa shape index (κ1) is 14.8. The molecule has 1 aromatic heterocycles. The van der Waals surface area contributed by atoms with E-state index in [4.69, 9.17) is 0 Å². The summed E-state index contributed by atoms with van der Waals surface area (Å²) in [5, 5.41) is 12.5. The standard InChI is InChI=1S/C16H22N4O2/c1-10-3-4-13-14(9-10)19-15(18-13)11(2)17-16(22)20-7-5-12(21)6-8-20/h3-4,9,11-12,21H,5-8H2,1-2H3,(H,17,22)(H,18,19)/t11-/m1/s1. The number of nitrogens with one attached hydrogen (secondary N) is 2. The van der Waals surface area contributed by atoms with Gasteiger partial charge in [-0.3, -0.25) is 0 Å². The highest BCUT2D eigenvalue weighted by atomic mass is 16.3. The van der Waals surface area contributed by atoms with Gasteiger partial charge in [0, 0.05) is 13.1 Å². The zero-order chi connectivity index (χ0) is 15.7. The third-order valence-corrected chi connectivity index (χ3v) is 4.16. The first-order valence-corrected chi connectivity index (χ1v) is 7.72. The highest BCUT2D eigenvalue weighted by molar-refractivity contribution is 5.77. The van der Waals surface area contributed by atoms with E-state index < -0.39 is 0 Å². The van der Waals surface area contributed by atoms with Gasteiger partial charge < -0.3 is 20.3 Å². The molecule has 1 aliphatic rings. The number of amides is 2. The number of piperidine rings is 1. The van der Waals surface area contributed by atoms with Crippen LogP contribution in [0.4, 0.5) is 4.79 Å². The normalized spacial score (nSPS) is 17.7. The lowest BCUT2D eigenvalue weighted by Crippen LogP contribution is -2.46. The largest absolute Gasteiger partial charge is 0.393 e. The number of aryl methyl sites for hydroxylation is 1. The Labute approximate surface area is 129 Å². The fourth-order valence-electron chi connectivity index (χ4n) is 2.76. The summed E-state index contributed by atoms with van der Waals surface area (Å²) >= 11 is 0. The molecule has 1 aliphatic heterocycles. The summed E-state index contributed by atoms with van der Waals surface area (Å²) in [4.78, 5) is 21.8. The van der Waals surface area contributed by atoms with Gasteiger partial charge in [0.1, 0.15) is 5.82 Å². The van der Waals surface area contributed by atoms with Crippen LogP contribution in [-0.4, -0.2) is 45.2 Å². The first-order chi connectivity index (χ1) is 10.5. The number of hydrogen-bond donors (Lipinski definition) is 3. The number of H-pyrrole nitrogens is 1. The predicted molar refractivity (Wildman–Crippen MR) is 84.6 cm³/mol. The van der Waals surface area contributed by atoms with E-state index in [9.17, 15) is 9.90 Å². The van der Waals surface area contributed by atoms with Crippen molar-refractivity contribution in [3.8, 4) is 0 Å². The zero-order valence-electron chi connectivity index (χ0n) is 13.0. The molecule has 6 heteroatoms. The van der Waals surface area contributed by atoms with E-state index >= 15 is 0 Å². The molecule has 0 aliphatic carbocycles. The number of aliphatic hydroxyl groups is 1. The van der Waals surface area contributed by atoms with Crippen molar-refractivity contribution in [2.75, 3.05) is 13.1 Å². The molecule has 3 rings (SSSR count). The fourth-order valence-corrected chi connectivity index (χ4v) is 2.76. The van der Waals surface area contributed by atoms with Gasteiger partial charge in [0.15, 0.2) is 0 Å². The van der Waals surface area contributed by atoms with E-state index in [-0.39, 0.29) is 18.2 Å². The molecular formula is C16H22N4O2. The number of carbonyl (C=O) groups excluding carboxylic acids is 1. The number of carbonyl (C=O) groups is 1. The maximum Gasteiger partial charge on any atom is 0.317 e. The van der Waals surface area contributed by atoms with Crippen molar-refractivity contribution in [3.63, 3.8) is 0 Å². The minimum atomic E-state index is -0.278. The number of fused-ring (bicyclic) bond motifs is 1. The molecule has 0 radical (unpaired) electrons. The summed E-state index contributed by atoms with van der Waals surface area (Å²) in [5.74, 6) is 0.756. The van der Waals surface area contributed by atoms with Crippen molar-refractivity contribution in [1.82, 2.24) is 20.2 Å². The number of likely N-dealkylation sites (tertiary alicyclic amines) is 1. The van der Waals surface area contributed by atoms with E-state index in [0.29, 0.717) is 25.9 Å². The van der Waals surface area contributed by atoms with Crippen molar-refractivity contribution < 1.29 is 9.90 Å². The second kappa shape index (κ2) is 5.96. The Morgan fingerprint density at radius 3 is 2.91 bits per heavy atom. The lowest BCUT2D eigenvalue weighted by atomic mass is 10.1. The topological polar surface area (TPSA) is 81.2 Å². The van der Waals surface area contributed by atoms with Crippen LogP contribution < -0.4 is 5.32 Å². The van der Waals surface area contributed by atoms with Gasteiger partial charge >= 0.3 is 6.03 Å². The Kier molecular flexibility index (Phi) is 4.02. The maximum absolute atomic E-state index is 12.2. The Balaban J connectivity index is 1.67. The van der Waals surface area contributed by atoms with Crippen LogP contribution in [0.5, 0.6) is 0 Å². The number of imidazole rings is 1. The zero-order valence-corrected chi connectivity index (χ0v) is 13.0. The highest BCUT2D eigenvalue weighted by Gasteiger charge is 2.23. The molecule has 1 saturated heterocycles. The smallest absolute Gasteiger partial charge is 0.317 e. The summed E-state index contributed by atoms with van der Waals surface area (Å²) in [5.41, 5.74) is 3.06. The van der Waals surface area contributed by atoms with E-state index in [1.807, 2.05) is 32.0 Å². The van der Waals surface area contributed by atoms with Gasteiger partial charge in [-0.1, -0.05) is 6.07 Å². The quantitative estimate of drug-likeness (QED) is 0.794. The summed E-state index contributed by atoms with van der Waals surface area (Å²) in [6, 6.07) is 5.76. The molecule has 3 N–H and O–H groups in total. The lowest BCUT2D eigenvalue weighted by molar-refractivity contribution is 0.0929. The molecule has 0 unspecified atom stereocenters. The maximum atomic E-state index is 12.2. The number of rotatable bonds is 2. The van der Waals surface area contributed by atoms with E-state index in [2.05, 4.69) is 15.3 Å². The Bertz CT molecular complexity index is 674. The van der Waals surface area contributed by atoms with Gasteiger partial charge in [0.05, 0.1) is 23.2 Å². The lowest BCUT2D eigenvalue weighted by Gasteiger charge is -2.30. The first-order valence-electron chi connectivity index (χ1n) is 7.72. The Morgan fingerprint density at radius 1 is 1.45 bits per heavy atom. The van der Waals surface area contributed by atoms with E-state index in [1.165, 1.54) is 5.56 Å². The van der Waals surface area contributed by atoms with Gasteiger partial charge in [-0.2, -0.15) is 0 Å². The molecule has 1 atom stereocenters. The number of aliphatic hydroxyl groups excluding tert-OH is 1. The molecule has 2 aromatic rings. The molecule has 1 fully saturated rings. The molecule has 22 heavy (non-hydrogen) atoms. The summed E-state index contributed by atoms with van der Waals surface area (Å²) in [7, 11) is 0. The van der Waals surface area contributed by atoms with Crippen LogP contribution in [0.25, 0.3) is 11.0 Å². The second-order valence-corrected chi connectivity index (χ2v) is 6.03. The number of aromatic amines is 1. The van der Waals surface area contributed by atoms with Gasteiger partial charge in [0.2, 0.25) is 0 Å². The third kappa shape index (κ3) is 3.06. The van der Waals surface area contributed by atoms with Crippen molar-refractivity contribution in [3.05, 3.63) is 29.6 Å². The molecule has 2 heterocycles. The second-order valence-electron chi connectivity index (χ2n) is 6.03. The van der Waals surface area contributed by atoms with Crippen LogP contribution in [0.1, 0.15) is 37.2 Å². The average Bonchev–Trinajstić information content (AvgIpc) is 2.91. The van der Waals surface area contributed by atoms with Crippen molar-refractivity contribution in [2.24, 2.45) is 0 Å². The molecular weight excluding hydrogens is 280 g/mol. The molecule has 0 spiro atoms. The minimum Gasteiger partial charge on any atom is -0.393 e. The van der Waals surface area contributed by atoms with Crippen LogP contribution in [-0.2, 0) is 0 Å². The number of benzene rings is 1. The van der Waals surface area contributed by atoms with Gasteiger partial charge in [-0.25, -0.2) is 9.78 Å². The van der Waals surface area contributed by atoms with E-state index in [1.54, 1.807) is 4.90 Å². The van der Waals surface area contributed by atoms with E-state index in [0.717, 1.165) is 16.9 Å². The summed E-state index contributed by atoms with van der Waals surface area (Å²) in [6.07, 6.45) is 1.01. The number of aromatic nitrogens is 2. The van der Waals surface area contributed by atoms with Crippen LogP contribution in [0.15, 0.2) is 18.2 Å². The molecule has 6 nitrogen and oxygen atoms in total. The summed E-state index contributed by atoms with van der Waals surface area (Å²) in [6.45, 7) is 5.15. The molecule has 0 saturated carbocycles. The number of hydrogen-bond acceptors (Lipinski definition) is 3. The van der Waals surface area contributed by atoms with Crippen LogP contribution in [0.2, 0.25) is 0 Å². The molecule has 1 aromatic carbocycles. The van der Waals surface area contributed by atoms with Crippen LogP contribution in [0, 0.1) is 6.92 Å². The highest BCUT2D eigenvalue weighted by Crippen LogP contribution is 2.18. The van der Waals surface area contributed by atoms with Crippen LogP contribution >= 0.6 is 0 Å². The minimum absolute atomic E-state index is 0.101. The van der Waals surface area contributed by atoms with Gasteiger partial charge in [0.25, 0.3) is 0 Å². The molecule has 0 bridgehead atoms. The predicted octanol–water partition coefficient (Wildman–Crippen LogP) is 2.10. The third-order valence-electron chi connectivity index (χ3n) is 4.16. The monoisotopic (exact) mass is 302 g/mol. The van der Waals surface area contributed by atoms with Crippen molar-refractivity contribution in [2.45, 2.75) is 38.8 Å². The number of urea groups is 1. The molecule has 2 amide bonds. The Morgan fingerprint density at radius 2 is 2.18 bits per heavy atom. The van der Waals surface area contributed by atoms with Gasteiger partial charge in [-0.15, -0.1) is 0 Å². The van der Waals surface area contributed by atoms with Crippen molar-refractivity contribution in [1.29, 1.82) is 0 Å². The fraction of sp³-hybridized carbons (Fsp3) is 0.500. The SMILES string of the molecule is Cc1ccc2nc([C@@H](C)NC(=O)N3CCC(O)CC3)[nH]c2c1. The van der Waals surface area contributed by atoms with Gasteiger partial charge in [-0.05, 0) is 44.4 Å². The van der Waals surface area contributed by atoms with Crippen molar-refractivity contribution >= 4 is 17.1 Å². The average molecular weight is 302 g/mol. The Hall–Kier alpha value is -2.08. The summed E-state index contributed by atoms with van der Waals surface area (Å²) < 4.78 is 0. The molecule has 118 valence electrons. The van der Waals surface area contributed by atoms with Crippen LogP contribution in [0.3, 0.4) is 0 Å². The number of nitrogens with zero attached hydrogens (tertiary/aromatic N) is 2.